The van der Waals surface area contributed by atoms with Gasteiger partial charge < -0.3 is 5.32 Å². The van der Waals surface area contributed by atoms with Crippen molar-refractivity contribution in [1.82, 2.24) is 5.32 Å². The van der Waals surface area contributed by atoms with E-state index in [0.29, 0.717) is 11.5 Å². The van der Waals surface area contributed by atoms with Gasteiger partial charge in [0.05, 0.1) is 0 Å². The van der Waals surface area contributed by atoms with Crippen LogP contribution in [0.15, 0.2) is 0 Å². The molecule has 1 fully saturated rings. The van der Waals surface area contributed by atoms with Crippen molar-refractivity contribution >= 4 is 0 Å². The summed E-state index contributed by atoms with van der Waals surface area (Å²) in [6.45, 7) is 19.9. The Balaban J connectivity index is 3.11. The summed E-state index contributed by atoms with van der Waals surface area (Å²) in [6, 6.07) is 0.701. The van der Waals surface area contributed by atoms with Crippen molar-refractivity contribution in [2.45, 2.75) is 100.0 Å². The van der Waals surface area contributed by atoms with Gasteiger partial charge in [-0.15, -0.1) is 0 Å². The maximum Gasteiger partial charge on any atom is 0.0121 e. The van der Waals surface area contributed by atoms with Crippen molar-refractivity contribution in [2.75, 3.05) is 7.05 Å². The topological polar surface area (TPSA) is 12.0 Å². The van der Waals surface area contributed by atoms with E-state index in [2.05, 4.69) is 67.8 Å². The average Bonchev–Trinajstić information content (AvgIpc) is 2.75. The number of rotatable bonds is 8. The molecule has 24 heavy (non-hydrogen) atoms. The van der Waals surface area contributed by atoms with Crippen molar-refractivity contribution in [2.24, 2.45) is 40.9 Å². The maximum atomic E-state index is 3.73. The summed E-state index contributed by atoms with van der Waals surface area (Å²) >= 11 is 0. The Morgan fingerprint density at radius 2 is 1.62 bits per heavy atom. The molecular formula is C23H47N. The fraction of sp³-hybridized carbons (Fsp3) is 1.00. The maximum absolute atomic E-state index is 3.73. The highest BCUT2D eigenvalue weighted by molar-refractivity contribution is 4.94. The van der Waals surface area contributed by atoms with Gasteiger partial charge in [-0.1, -0.05) is 81.1 Å². The molecule has 1 aliphatic rings. The Kier molecular flexibility index (Phi) is 8.80. The molecule has 0 aromatic heterocycles. The molecule has 0 amide bonds. The molecule has 1 aliphatic carbocycles. The molecule has 7 unspecified atom stereocenters. The quantitative estimate of drug-likeness (QED) is 0.482. The summed E-state index contributed by atoms with van der Waals surface area (Å²) in [6.07, 6.45) is 8.30. The Bertz CT molecular complexity index is 350. The van der Waals surface area contributed by atoms with Crippen LogP contribution in [0.4, 0.5) is 0 Å². The van der Waals surface area contributed by atoms with Crippen LogP contribution in [0.2, 0.25) is 0 Å². The highest BCUT2D eigenvalue weighted by Crippen LogP contribution is 2.50. The van der Waals surface area contributed by atoms with Crippen LogP contribution in [0.1, 0.15) is 93.9 Å². The Hall–Kier alpha value is -0.0400. The Morgan fingerprint density at radius 3 is 2.08 bits per heavy atom. The van der Waals surface area contributed by atoms with E-state index < -0.39 is 0 Å². The molecule has 1 nitrogen and oxygen atoms in total. The molecule has 1 heteroatoms. The summed E-state index contributed by atoms with van der Waals surface area (Å²) in [5, 5.41) is 3.73. The van der Waals surface area contributed by atoms with Crippen LogP contribution in [0.25, 0.3) is 0 Å². The molecular weight excluding hydrogens is 290 g/mol. The summed E-state index contributed by atoms with van der Waals surface area (Å²) in [7, 11) is 2.20. The van der Waals surface area contributed by atoms with Crippen LogP contribution in [-0.4, -0.2) is 13.1 Å². The lowest BCUT2D eigenvalue weighted by Gasteiger charge is -2.49. The van der Waals surface area contributed by atoms with Gasteiger partial charge in [-0.2, -0.15) is 0 Å². The Morgan fingerprint density at radius 1 is 1.04 bits per heavy atom. The molecule has 0 bridgehead atoms. The van der Waals surface area contributed by atoms with E-state index in [9.17, 15) is 0 Å². The minimum atomic E-state index is 0.455. The van der Waals surface area contributed by atoms with E-state index in [-0.39, 0.29) is 0 Å². The van der Waals surface area contributed by atoms with E-state index >= 15 is 0 Å². The SMILES string of the molecule is CCC(C(C)C1CCCCC(C)C1NC)C(C)(CC)C(C)C(C)C. The summed E-state index contributed by atoms with van der Waals surface area (Å²) in [5.74, 6) is 4.83. The van der Waals surface area contributed by atoms with Gasteiger partial charge in [-0.3, -0.25) is 0 Å². The van der Waals surface area contributed by atoms with Gasteiger partial charge >= 0.3 is 0 Å². The zero-order valence-electron chi connectivity index (χ0n) is 18.3. The Labute approximate surface area is 153 Å². The van der Waals surface area contributed by atoms with Gasteiger partial charge in [0.1, 0.15) is 0 Å². The molecule has 0 aromatic carbocycles. The number of nitrogens with one attached hydrogen (secondary N) is 1. The predicted octanol–water partition coefficient (Wildman–Crippen LogP) is 6.77. The second kappa shape index (κ2) is 9.60. The normalized spacial score (nSPS) is 32.0. The molecule has 0 heterocycles. The second-order valence-corrected chi connectivity index (χ2v) is 9.51. The van der Waals surface area contributed by atoms with E-state index in [4.69, 9.17) is 0 Å². The first-order valence-electron chi connectivity index (χ1n) is 10.9. The molecule has 0 radical (unpaired) electrons. The number of hydrogen-bond donors (Lipinski definition) is 1. The summed E-state index contributed by atoms with van der Waals surface area (Å²) in [4.78, 5) is 0. The predicted molar refractivity (Wildman–Crippen MR) is 109 cm³/mol. The van der Waals surface area contributed by atoms with Crippen molar-refractivity contribution in [3.05, 3.63) is 0 Å². The monoisotopic (exact) mass is 337 g/mol. The molecule has 0 spiro atoms. The van der Waals surface area contributed by atoms with Crippen molar-refractivity contribution in [3.63, 3.8) is 0 Å². The van der Waals surface area contributed by atoms with Gasteiger partial charge in [0.25, 0.3) is 0 Å². The third-order valence-electron chi connectivity index (χ3n) is 8.25. The molecule has 0 aromatic rings. The van der Waals surface area contributed by atoms with E-state index in [0.717, 1.165) is 35.5 Å². The number of hydrogen-bond acceptors (Lipinski definition) is 1. The molecule has 1 N–H and O–H groups in total. The minimum Gasteiger partial charge on any atom is -0.316 e. The summed E-state index contributed by atoms with van der Waals surface area (Å²) < 4.78 is 0. The van der Waals surface area contributed by atoms with Crippen molar-refractivity contribution < 1.29 is 0 Å². The molecule has 1 rings (SSSR count). The minimum absolute atomic E-state index is 0.455. The molecule has 0 saturated heterocycles. The van der Waals surface area contributed by atoms with Gasteiger partial charge in [0.2, 0.25) is 0 Å². The van der Waals surface area contributed by atoms with Gasteiger partial charge in [0, 0.05) is 6.04 Å². The lowest BCUT2D eigenvalue weighted by molar-refractivity contribution is 0.00204. The first-order valence-corrected chi connectivity index (χ1v) is 10.9. The first-order chi connectivity index (χ1) is 11.2. The third-order valence-corrected chi connectivity index (χ3v) is 8.25. The van der Waals surface area contributed by atoms with Crippen LogP contribution < -0.4 is 5.32 Å². The highest BCUT2D eigenvalue weighted by Gasteiger charge is 2.44. The second-order valence-electron chi connectivity index (χ2n) is 9.51. The van der Waals surface area contributed by atoms with Crippen molar-refractivity contribution in [3.8, 4) is 0 Å². The van der Waals surface area contributed by atoms with Crippen LogP contribution in [0, 0.1) is 40.9 Å². The van der Waals surface area contributed by atoms with E-state index in [1.807, 2.05) is 0 Å². The largest absolute Gasteiger partial charge is 0.316 e. The van der Waals surface area contributed by atoms with Crippen LogP contribution in [0.5, 0.6) is 0 Å². The van der Waals surface area contributed by atoms with E-state index in [1.54, 1.807) is 0 Å². The molecule has 0 aliphatic heterocycles. The molecule has 1 saturated carbocycles. The first kappa shape index (κ1) is 22.0. The van der Waals surface area contributed by atoms with Crippen LogP contribution >= 0.6 is 0 Å². The summed E-state index contributed by atoms with van der Waals surface area (Å²) in [5.41, 5.74) is 0.455. The smallest absolute Gasteiger partial charge is 0.0121 e. The third kappa shape index (κ3) is 4.57. The van der Waals surface area contributed by atoms with Crippen molar-refractivity contribution in [1.29, 1.82) is 0 Å². The van der Waals surface area contributed by atoms with E-state index in [1.165, 1.54) is 38.5 Å². The molecule has 144 valence electrons. The highest BCUT2D eigenvalue weighted by atomic mass is 14.9. The van der Waals surface area contributed by atoms with Gasteiger partial charge in [0.15, 0.2) is 0 Å². The lowest BCUT2D eigenvalue weighted by atomic mass is 9.56. The standard InChI is InChI=1S/C23H47N/c1-10-21(23(8,11-2)19(7)16(3)4)18(6)20-15-13-12-14-17(5)22(20)24-9/h16-22,24H,10-15H2,1-9H3. The zero-order valence-corrected chi connectivity index (χ0v) is 18.3. The molecule has 7 atom stereocenters. The average molecular weight is 338 g/mol. The van der Waals surface area contributed by atoms with Gasteiger partial charge in [-0.25, -0.2) is 0 Å². The lowest BCUT2D eigenvalue weighted by Crippen LogP contribution is -2.47. The zero-order chi connectivity index (χ0) is 18.5. The van der Waals surface area contributed by atoms with Gasteiger partial charge in [-0.05, 0) is 60.8 Å². The van der Waals surface area contributed by atoms with Crippen LogP contribution in [-0.2, 0) is 0 Å². The fourth-order valence-electron chi connectivity index (χ4n) is 6.14. The van der Waals surface area contributed by atoms with Crippen LogP contribution in [0.3, 0.4) is 0 Å². The fourth-order valence-corrected chi connectivity index (χ4v) is 6.14.